The van der Waals surface area contributed by atoms with Gasteiger partial charge in [0.05, 0.1) is 27.5 Å². The summed E-state index contributed by atoms with van der Waals surface area (Å²) in [5.41, 5.74) is 0.702. The molecule has 0 fully saturated rings. The lowest BCUT2D eigenvalue weighted by Crippen LogP contribution is -2.31. The summed E-state index contributed by atoms with van der Waals surface area (Å²) in [7, 11) is -1.99. The predicted octanol–water partition coefficient (Wildman–Crippen LogP) is 2.37. The number of nitrogens with one attached hydrogen (secondary N) is 1. The fourth-order valence-corrected chi connectivity index (χ4v) is 4.24. The number of sulfone groups is 1. The summed E-state index contributed by atoms with van der Waals surface area (Å²) < 4.78 is 29.5. The van der Waals surface area contributed by atoms with Crippen molar-refractivity contribution < 1.29 is 27.5 Å². The molecule has 3 rings (SSSR count). The van der Waals surface area contributed by atoms with Crippen LogP contribution < -0.4 is 5.32 Å². The minimum Gasteiger partial charge on any atom is -0.385 e. The number of amides is 3. The third kappa shape index (κ3) is 4.12. The van der Waals surface area contributed by atoms with Gasteiger partial charge in [-0.2, -0.15) is 0 Å². The molecule has 0 aromatic heterocycles. The topological polar surface area (TPSA) is 110 Å². The van der Waals surface area contributed by atoms with E-state index in [2.05, 4.69) is 5.32 Å². The highest BCUT2D eigenvalue weighted by atomic mass is 32.2. The van der Waals surface area contributed by atoms with Crippen LogP contribution in [-0.2, 0) is 14.6 Å². The van der Waals surface area contributed by atoms with Crippen LogP contribution in [0, 0.1) is 0 Å². The quantitative estimate of drug-likeness (QED) is 0.509. The zero-order valence-corrected chi connectivity index (χ0v) is 17.5. The number of fused-ring (bicyclic) bond motifs is 1. The third-order valence-electron chi connectivity index (χ3n) is 4.81. The van der Waals surface area contributed by atoms with Crippen molar-refractivity contribution in [1.82, 2.24) is 4.90 Å². The van der Waals surface area contributed by atoms with Gasteiger partial charge < -0.3 is 10.1 Å². The van der Waals surface area contributed by atoms with Crippen molar-refractivity contribution in [2.24, 2.45) is 0 Å². The molecular formula is C21H22N2O6S. The van der Waals surface area contributed by atoms with Gasteiger partial charge in [-0.25, -0.2) is 8.42 Å². The molecule has 0 aliphatic carbocycles. The molecule has 0 atom stereocenters. The third-order valence-corrected chi connectivity index (χ3v) is 6.60. The molecule has 3 amide bonds. The molecule has 30 heavy (non-hydrogen) atoms. The molecule has 0 bridgehead atoms. The Morgan fingerprint density at radius 3 is 2.47 bits per heavy atom. The Hall–Kier alpha value is -3.04. The minimum atomic E-state index is -3.53. The molecule has 0 spiro atoms. The SMILES string of the molecule is CCS(=O)(=O)c1ccccc1NC(=O)c1ccc2c(c1)C(=O)N(CCCOC)C2=O. The van der Waals surface area contributed by atoms with E-state index in [-0.39, 0.29) is 39.6 Å². The van der Waals surface area contributed by atoms with Gasteiger partial charge in [0.1, 0.15) is 0 Å². The van der Waals surface area contributed by atoms with E-state index in [1.54, 1.807) is 12.1 Å². The van der Waals surface area contributed by atoms with Crippen LogP contribution in [0.2, 0.25) is 0 Å². The average Bonchev–Trinajstić information content (AvgIpc) is 2.98. The lowest BCUT2D eigenvalue weighted by atomic mass is 10.1. The lowest BCUT2D eigenvalue weighted by molar-refractivity contribution is 0.0638. The standard InChI is InChI=1S/C21H22N2O6S/c1-3-30(27,28)18-8-5-4-7-17(18)22-19(24)14-9-10-15-16(13-14)21(26)23(20(15)25)11-6-12-29-2/h4-5,7-10,13H,3,6,11-12H2,1-2H3,(H,22,24). The van der Waals surface area contributed by atoms with E-state index in [0.717, 1.165) is 4.90 Å². The van der Waals surface area contributed by atoms with Crippen LogP contribution >= 0.6 is 0 Å². The van der Waals surface area contributed by atoms with Crippen LogP contribution in [0.1, 0.15) is 44.4 Å². The number of hydrogen-bond donors (Lipinski definition) is 1. The summed E-state index contributed by atoms with van der Waals surface area (Å²) >= 11 is 0. The Morgan fingerprint density at radius 1 is 1.07 bits per heavy atom. The molecule has 2 aromatic rings. The van der Waals surface area contributed by atoms with E-state index in [1.165, 1.54) is 44.4 Å². The summed E-state index contributed by atoms with van der Waals surface area (Å²) in [5, 5.41) is 2.59. The van der Waals surface area contributed by atoms with Crippen LogP contribution in [0.15, 0.2) is 47.4 Å². The van der Waals surface area contributed by atoms with E-state index in [4.69, 9.17) is 4.74 Å². The second kappa shape index (κ2) is 8.76. The Bertz CT molecular complexity index is 1110. The van der Waals surface area contributed by atoms with Crippen molar-refractivity contribution in [2.45, 2.75) is 18.2 Å². The molecule has 1 N–H and O–H groups in total. The highest BCUT2D eigenvalue weighted by molar-refractivity contribution is 7.91. The van der Waals surface area contributed by atoms with Gasteiger partial charge in [0, 0.05) is 25.8 Å². The number of hydrogen-bond acceptors (Lipinski definition) is 6. The number of ether oxygens (including phenoxy) is 1. The van der Waals surface area contributed by atoms with E-state index in [1.807, 2.05) is 0 Å². The maximum absolute atomic E-state index is 12.7. The largest absolute Gasteiger partial charge is 0.385 e. The fourth-order valence-electron chi connectivity index (χ4n) is 3.19. The number of carbonyl (C=O) groups is 3. The maximum atomic E-state index is 12.7. The predicted molar refractivity (Wildman–Crippen MR) is 110 cm³/mol. The zero-order valence-electron chi connectivity index (χ0n) is 16.7. The summed E-state index contributed by atoms with van der Waals surface area (Å²) in [5.74, 6) is -1.55. The first kappa shape index (κ1) is 21.7. The van der Waals surface area contributed by atoms with Gasteiger partial charge in [0.15, 0.2) is 9.84 Å². The molecule has 1 aliphatic heterocycles. The number of carbonyl (C=O) groups excluding carboxylic acids is 3. The highest BCUT2D eigenvalue weighted by Crippen LogP contribution is 2.26. The number of nitrogens with zero attached hydrogens (tertiary/aromatic N) is 1. The zero-order chi connectivity index (χ0) is 21.9. The summed E-state index contributed by atoms with van der Waals surface area (Å²) in [6.07, 6.45) is 0.512. The first-order valence-electron chi connectivity index (χ1n) is 9.42. The molecule has 0 saturated carbocycles. The van der Waals surface area contributed by atoms with E-state index in [9.17, 15) is 22.8 Å². The summed E-state index contributed by atoms with van der Waals surface area (Å²) in [4.78, 5) is 39.0. The minimum absolute atomic E-state index is 0.0255. The Kier molecular flexibility index (Phi) is 6.33. The smallest absolute Gasteiger partial charge is 0.261 e. The van der Waals surface area contributed by atoms with Crippen LogP contribution in [0.5, 0.6) is 0 Å². The van der Waals surface area contributed by atoms with Crippen LogP contribution in [0.4, 0.5) is 5.69 Å². The van der Waals surface area contributed by atoms with Gasteiger partial charge in [0.2, 0.25) is 0 Å². The van der Waals surface area contributed by atoms with Crippen LogP contribution in [-0.4, -0.2) is 57.1 Å². The molecular weight excluding hydrogens is 408 g/mol. The van der Waals surface area contributed by atoms with Gasteiger partial charge in [-0.05, 0) is 36.8 Å². The summed E-state index contributed by atoms with van der Waals surface area (Å²) in [6.45, 7) is 2.17. The van der Waals surface area contributed by atoms with Crippen LogP contribution in [0.25, 0.3) is 0 Å². The molecule has 158 valence electrons. The normalized spacial score (nSPS) is 13.5. The second-order valence-electron chi connectivity index (χ2n) is 6.72. The first-order valence-corrected chi connectivity index (χ1v) is 11.1. The second-order valence-corrected chi connectivity index (χ2v) is 8.97. The van der Waals surface area contributed by atoms with Gasteiger partial charge in [-0.15, -0.1) is 0 Å². The van der Waals surface area contributed by atoms with Gasteiger partial charge in [-0.1, -0.05) is 19.1 Å². The highest BCUT2D eigenvalue weighted by Gasteiger charge is 2.35. The Labute approximate surface area is 174 Å². The average molecular weight is 430 g/mol. The molecule has 9 heteroatoms. The number of benzene rings is 2. The molecule has 0 radical (unpaired) electrons. The fraction of sp³-hybridized carbons (Fsp3) is 0.286. The van der Waals surface area contributed by atoms with Crippen molar-refractivity contribution >= 4 is 33.2 Å². The molecule has 8 nitrogen and oxygen atoms in total. The number of anilines is 1. The molecule has 1 heterocycles. The number of methoxy groups -OCH3 is 1. The monoisotopic (exact) mass is 430 g/mol. The number of rotatable bonds is 8. The first-order chi connectivity index (χ1) is 14.3. The van der Waals surface area contributed by atoms with Crippen molar-refractivity contribution in [3.63, 3.8) is 0 Å². The Morgan fingerprint density at radius 2 is 1.77 bits per heavy atom. The van der Waals surface area contributed by atoms with Crippen molar-refractivity contribution in [2.75, 3.05) is 31.3 Å². The molecule has 0 saturated heterocycles. The van der Waals surface area contributed by atoms with Crippen LogP contribution in [0.3, 0.4) is 0 Å². The maximum Gasteiger partial charge on any atom is 0.261 e. The van der Waals surface area contributed by atoms with Gasteiger partial charge >= 0.3 is 0 Å². The molecule has 0 unspecified atom stereocenters. The molecule has 1 aliphatic rings. The number of para-hydroxylation sites is 1. The van der Waals surface area contributed by atoms with Gasteiger partial charge in [-0.3, -0.25) is 19.3 Å². The van der Waals surface area contributed by atoms with Gasteiger partial charge in [0.25, 0.3) is 17.7 Å². The van der Waals surface area contributed by atoms with Crippen molar-refractivity contribution in [1.29, 1.82) is 0 Å². The Balaban J connectivity index is 1.85. The van der Waals surface area contributed by atoms with E-state index < -0.39 is 27.6 Å². The molecule has 2 aromatic carbocycles. The van der Waals surface area contributed by atoms with E-state index in [0.29, 0.717) is 13.0 Å². The lowest BCUT2D eigenvalue weighted by Gasteiger charge is -2.12. The van der Waals surface area contributed by atoms with Crippen molar-refractivity contribution in [3.05, 3.63) is 59.2 Å². The van der Waals surface area contributed by atoms with Crippen molar-refractivity contribution in [3.8, 4) is 0 Å². The van der Waals surface area contributed by atoms with E-state index >= 15 is 0 Å². The number of imide groups is 1. The summed E-state index contributed by atoms with van der Waals surface area (Å²) in [6, 6.07) is 10.4.